The van der Waals surface area contributed by atoms with Crippen molar-refractivity contribution in [3.63, 3.8) is 0 Å². The van der Waals surface area contributed by atoms with Gasteiger partial charge in [0.2, 0.25) is 0 Å². The van der Waals surface area contributed by atoms with Crippen LogP contribution in [-0.4, -0.2) is 9.97 Å². The van der Waals surface area contributed by atoms with Crippen LogP contribution in [0.4, 0.5) is 0 Å². The summed E-state index contributed by atoms with van der Waals surface area (Å²) in [6, 6.07) is 50.4. The summed E-state index contributed by atoms with van der Waals surface area (Å²) in [5, 5.41) is 0.994. The van der Waals surface area contributed by atoms with Crippen molar-refractivity contribution in [2.45, 2.75) is 5.41 Å². The van der Waals surface area contributed by atoms with E-state index in [0.717, 1.165) is 33.3 Å². The van der Waals surface area contributed by atoms with Gasteiger partial charge in [0, 0.05) is 10.9 Å². The van der Waals surface area contributed by atoms with Crippen molar-refractivity contribution < 1.29 is 4.42 Å². The van der Waals surface area contributed by atoms with Crippen LogP contribution in [0.2, 0.25) is 0 Å². The SMILES string of the molecule is c1ccc(-c2ncnc3c2oc2ccc(-c4ccc5c(c4)-c4ccccc4C54c5ccccc5-c5ccccc54)cc23)cc1. The average Bonchev–Trinajstić information content (AvgIpc) is 3.72. The summed E-state index contributed by atoms with van der Waals surface area (Å²) in [7, 11) is 0. The number of hydrogen-bond donors (Lipinski definition) is 0. The summed E-state index contributed by atoms with van der Waals surface area (Å²) in [6.45, 7) is 0. The Morgan fingerprint density at radius 1 is 0.455 bits per heavy atom. The van der Waals surface area contributed by atoms with Gasteiger partial charge in [-0.05, 0) is 73.8 Å². The molecule has 0 saturated carbocycles. The van der Waals surface area contributed by atoms with Crippen LogP contribution in [0.5, 0.6) is 0 Å². The van der Waals surface area contributed by atoms with E-state index in [-0.39, 0.29) is 5.41 Å². The summed E-state index contributed by atoms with van der Waals surface area (Å²) in [5.74, 6) is 0. The lowest BCUT2D eigenvalue weighted by Gasteiger charge is -2.30. The van der Waals surface area contributed by atoms with E-state index in [1.54, 1.807) is 6.33 Å². The predicted octanol–water partition coefficient (Wildman–Crippen LogP) is 10.1. The van der Waals surface area contributed by atoms with Crippen LogP contribution in [0.3, 0.4) is 0 Å². The molecule has 10 rings (SSSR count). The van der Waals surface area contributed by atoms with E-state index < -0.39 is 0 Å². The van der Waals surface area contributed by atoms with Gasteiger partial charge in [0.1, 0.15) is 23.1 Å². The first-order chi connectivity index (χ1) is 21.8. The van der Waals surface area contributed by atoms with Gasteiger partial charge in [0.25, 0.3) is 0 Å². The van der Waals surface area contributed by atoms with E-state index in [4.69, 9.17) is 4.42 Å². The van der Waals surface area contributed by atoms with Crippen LogP contribution in [0, 0.1) is 0 Å². The van der Waals surface area contributed by atoms with Crippen molar-refractivity contribution in [3.8, 4) is 44.6 Å². The molecule has 204 valence electrons. The predicted molar refractivity (Wildman–Crippen MR) is 176 cm³/mol. The first kappa shape index (κ1) is 23.7. The Kier molecular flexibility index (Phi) is 4.65. The second-order valence-corrected chi connectivity index (χ2v) is 11.7. The Hall–Kier alpha value is -5.80. The third-order valence-corrected chi connectivity index (χ3v) is 9.63. The Morgan fingerprint density at radius 3 is 1.73 bits per heavy atom. The molecule has 0 atom stereocenters. The van der Waals surface area contributed by atoms with Crippen molar-refractivity contribution in [1.82, 2.24) is 9.97 Å². The molecule has 0 unspecified atom stereocenters. The molecule has 2 heterocycles. The van der Waals surface area contributed by atoms with E-state index in [9.17, 15) is 0 Å². The second-order valence-electron chi connectivity index (χ2n) is 11.7. The molecule has 8 aromatic rings. The number of aromatic nitrogens is 2. The van der Waals surface area contributed by atoms with E-state index in [0.29, 0.717) is 5.58 Å². The Balaban J connectivity index is 1.19. The highest BCUT2D eigenvalue weighted by Crippen LogP contribution is 2.62. The van der Waals surface area contributed by atoms with Crippen molar-refractivity contribution >= 4 is 22.1 Å². The zero-order valence-electron chi connectivity index (χ0n) is 23.7. The molecule has 0 bridgehead atoms. The maximum atomic E-state index is 6.35. The van der Waals surface area contributed by atoms with Gasteiger partial charge in [0.05, 0.1) is 5.41 Å². The Bertz CT molecular complexity index is 2410. The molecule has 6 aromatic carbocycles. The van der Waals surface area contributed by atoms with Gasteiger partial charge in [-0.3, -0.25) is 0 Å². The summed E-state index contributed by atoms with van der Waals surface area (Å²) in [5.41, 5.74) is 16.8. The molecule has 0 amide bonds. The number of hydrogen-bond acceptors (Lipinski definition) is 3. The van der Waals surface area contributed by atoms with E-state index in [1.165, 1.54) is 50.1 Å². The van der Waals surface area contributed by atoms with Gasteiger partial charge in [-0.15, -0.1) is 0 Å². The molecule has 3 heteroatoms. The third kappa shape index (κ3) is 2.96. The Morgan fingerprint density at radius 2 is 1.02 bits per heavy atom. The molecular weight excluding hydrogens is 536 g/mol. The number of furan rings is 1. The highest BCUT2D eigenvalue weighted by molar-refractivity contribution is 6.07. The maximum absolute atomic E-state index is 6.35. The molecule has 2 aromatic heterocycles. The van der Waals surface area contributed by atoms with Crippen LogP contribution < -0.4 is 0 Å². The third-order valence-electron chi connectivity index (χ3n) is 9.63. The monoisotopic (exact) mass is 560 g/mol. The first-order valence-electron chi connectivity index (χ1n) is 15.0. The van der Waals surface area contributed by atoms with Crippen molar-refractivity contribution in [1.29, 1.82) is 0 Å². The average molecular weight is 561 g/mol. The molecule has 0 aliphatic heterocycles. The molecule has 3 nitrogen and oxygen atoms in total. The molecule has 1 spiro atoms. The van der Waals surface area contributed by atoms with E-state index in [1.807, 2.05) is 18.2 Å². The largest absolute Gasteiger partial charge is 0.452 e. The van der Waals surface area contributed by atoms with Crippen molar-refractivity contribution in [2.75, 3.05) is 0 Å². The molecule has 0 radical (unpaired) electrons. The summed E-state index contributed by atoms with van der Waals surface area (Å²) < 4.78 is 6.35. The lowest BCUT2D eigenvalue weighted by atomic mass is 9.70. The zero-order chi connectivity index (χ0) is 28.8. The highest BCUT2D eigenvalue weighted by atomic mass is 16.3. The van der Waals surface area contributed by atoms with Crippen LogP contribution in [-0.2, 0) is 5.41 Å². The molecule has 2 aliphatic rings. The first-order valence-corrected chi connectivity index (χ1v) is 15.0. The van der Waals surface area contributed by atoms with Crippen LogP contribution in [0.1, 0.15) is 22.3 Å². The van der Waals surface area contributed by atoms with Gasteiger partial charge in [-0.1, -0.05) is 121 Å². The summed E-state index contributed by atoms with van der Waals surface area (Å²) in [4.78, 5) is 9.24. The van der Waals surface area contributed by atoms with Gasteiger partial charge < -0.3 is 4.42 Å². The minimum absolute atomic E-state index is 0.326. The second kappa shape index (κ2) is 8.62. The number of fused-ring (bicyclic) bond motifs is 13. The number of rotatable bonds is 2. The summed E-state index contributed by atoms with van der Waals surface area (Å²) in [6.07, 6.45) is 1.63. The molecule has 44 heavy (non-hydrogen) atoms. The molecule has 0 fully saturated rings. The molecular formula is C41H24N2O. The fourth-order valence-corrected chi connectivity index (χ4v) is 7.84. The van der Waals surface area contributed by atoms with Crippen molar-refractivity contribution in [3.05, 3.63) is 168 Å². The minimum atomic E-state index is -0.326. The van der Waals surface area contributed by atoms with Crippen LogP contribution in [0.25, 0.3) is 66.7 Å². The summed E-state index contributed by atoms with van der Waals surface area (Å²) >= 11 is 0. The van der Waals surface area contributed by atoms with Crippen LogP contribution in [0.15, 0.2) is 150 Å². The highest BCUT2D eigenvalue weighted by Gasteiger charge is 2.51. The topological polar surface area (TPSA) is 38.9 Å². The molecule has 0 saturated heterocycles. The lowest BCUT2D eigenvalue weighted by molar-refractivity contribution is 0.667. The standard InChI is InChI=1S/C41H24N2O/c1-2-10-25(11-3-1)38-40-39(43-24-42-38)32-23-27(19-21-37(32)44-40)26-18-20-36-31(22-26)30-14-6-9-17-35(30)41(36)33-15-7-4-12-28(33)29-13-5-8-16-34(29)41/h1-24H. The van der Waals surface area contributed by atoms with E-state index >= 15 is 0 Å². The van der Waals surface area contributed by atoms with Crippen LogP contribution >= 0.6 is 0 Å². The normalized spacial score (nSPS) is 13.6. The number of benzene rings is 6. The molecule has 2 aliphatic carbocycles. The minimum Gasteiger partial charge on any atom is -0.452 e. The molecule has 0 N–H and O–H groups in total. The fourth-order valence-electron chi connectivity index (χ4n) is 7.84. The lowest BCUT2D eigenvalue weighted by Crippen LogP contribution is -2.25. The van der Waals surface area contributed by atoms with Gasteiger partial charge in [0.15, 0.2) is 5.58 Å². The Labute approximate surface area is 254 Å². The van der Waals surface area contributed by atoms with Crippen molar-refractivity contribution in [2.24, 2.45) is 0 Å². The van der Waals surface area contributed by atoms with Gasteiger partial charge >= 0.3 is 0 Å². The number of nitrogens with zero attached hydrogens (tertiary/aromatic N) is 2. The quantitative estimate of drug-likeness (QED) is 0.211. The fraction of sp³-hybridized carbons (Fsp3) is 0.0244. The van der Waals surface area contributed by atoms with Gasteiger partial charge in [-0.25, -0.2) is 9.97 Å². The maximum Gasteiger partial charge on any atom is 0.180 e. The van der Waals surface area contributed by atoms with Gasteiger partial charge in [-0.2, -0.15) is 0 Å². The zero-order valence-corrected chi connectivity index (χ0v) is 23.7. The smallest absolute Gasteiger partial charge is 0.180 e. The van der Waals surface area contributed by atoms with E-state index in [2.05, 4.69) is 131 Å².